The van der Waals surface area contributed by atoms with E-state index < -0.39 is 11.9 Å². The van der Waals surface area contributed by atoms with Crippen molar-refractivity contribution in [1.82, 2.24) is 4.57 Å². The second kappa shape index (κ2) is 9.20. The zero-order valence-electron chi connectivity index (χ0n) is 17.3. The van der Waals surface area contributed by atoms with Gasteiger partial charge < -0.3 is 15.0 Å². The predicted molar refractivity (Wildman–Crippen MR) is 123 cm³/mol. The van der Waals surface area contributed by atoms with Crippen molar-refractivity contribution in [2.75, 3.05) is 5.32 Å². The van der Waals surface area contributed by atoms with Crippen LogP contribution < -0.4 is 5.32 Å². The number of anilines is 1. The number of benzene rings is 3. The van der Waals surface area contributed by atoms with Gasteiger partial charge in [-0.3, -0.25) is 4.79 Å². The summed E-state index contributed by atoms with van der Waals surface area (Å²) in [7, 11) is 0. The number of nitrogens with one attached hydrogen (secondary N) is 1. The van der Waals surface area contributed by atoms with E-state index in [-0.39, 0.29) is 22.6 Å². The fraction of sp³-hybridized carbons (Fsp3) is 0.0385. The van der Waals surface area contributed by atoms with Crippen LogP contribution in [0.3, 0.4) is 0 Å². The van der Waals surface area contributed by atoms with Crippen molar-refractivity contribution in [2.24, 2.45) is 0 Å². The van der Waals surface area contributed by atoms with Gasteiger partial charge in [0.25, 0.3) is 5.91 Å². The Hall–Kier alpha value is -4.70. The third-order valence-electron chi connectivity index (χ3n) is 5.12. The number of nitrogens with zero attached hydrogens (tertiary/aromatic N) is 2. The Labute approximate surface area is 188 Å². The van der Waals surface area contributed by atoms with Crippen LogP contribution in [0.5, 0.6) is 0 Å². The number of rotatable bonds is 6. The van der Waals surface area contributed by atoms with Gasteiger partial charge in [-0.15, -0.1) is 0 Å². The molecule has 0 aliphatic rings. The molecule has 4 rings (SSSR count). The van der Waals surface area contributed by atoms with Crippen molar-refractivity contribution < 1.29 is 19.1 Å². The Morgan fingerprint density at radius 2 is 1.82 bits per heavy atom. The van der Waals surface area contributed by atoms with Gasteiger partial charge in [0, 0.05) is 34.9 Å². The van der Waals surface area contributed by atoms with E-state index in [0.29, 0.717) is 12.1 Å². The fourth-order valence-corrected chi connectivity index (χ4v) is 3.54. The van der Waals surface area contributed by atoms with E-state index in [0.717, 1.165) is 16.5 Å². The highest BCUT2D eigenvalue weighted by atomic mass is 19.1. The third kappa shape index (κ3) is 4.81. The molecular weight excluding hydrogens is 421 g/mol. The SMILES string of the molecule is N#C/C(=C/c1cn(Cc2ccc(F)cc2)c2ccccc12)C(=O)Nc1cccc(C(=O)O)c1. The van der Waals surface area contributed by atoms with E-state index in [1.54, 1.807) is 18.2 Å². The summed E-state index contributed by atoms with van der Waals surface area (Å²) < 4.78 is 15.2. The van der Waals surface area contributed by atoms with Gasteiger partial charge in [0.2, 0.25) is 0 Å². The number of carbonyl (C=O) groups is 2. The number of carboxylic acids is 1. The molecule has 1 heterocycles. The van der Waals surface area contributed by atoms with Gasteiger partial charge >= 0.3 is 5.97 Å². The van der Waals surface area contributed by atoms with Crippen LogP contribution in [0.25, 0.3) is 17.0 Å². The Kier molecular flexibility index (Phi) is 6.00. The molecule has 7 heteroatoms. The number of para-hydroxylation sites is 1. The summed E-state index contributed by atoms with van der Waals surface area (Å²) in [5, 5.41) is 22.1. The topological polar surface area (TPSA) is 95.1 Å². The van der Waals surface area contributed by atoms with Crippen molar-refractivity contribution in [3.8, 4) is 6.07 Å². The van der Waals surface area contributed by atoms with Gasteiger partial charge in [-0.05, 0) is 48.0 Å². The number of aromatic carboxylic acids is 1. The van der Waals surface area contributed by atoms with Crippen LogP contribution in [-0.4, -0.2) is 21.6 Å². The Morgan fingerprint density at radius 3 is 2.55 bits per heavy atom. The van der Waals surface area contributed by atoms with Gasteiger partial charge in [0.1, 0.15) is 17.5 Å². The number of hydrogen-bond donors (Lipinski definition) is 2. The highest BCUT2D eigenvalue weighted by Gasteiger charge is 2.14. The Bertz CT molecular complexity index is 1430. The number of carbonyl (C=O) groups excluding carboxylic acids is 1. The molecule has 33 heavy (non-hydrogen) atoms. The normalized spacial score (nSPS) is 11.2. The smallest absolute Gasteiger partial charge is 0.335 e. The van der Waals surface area contributed by atoms with Crippen LogP contribution >= 0.6 is 0 Å². The Morgan fingerprint density at radius 1 is 1.06 bits per heavy atom. The maximum atomic E-state index is 13.2. The van der Waals surface area contributed by atoms with E-state index in [2.05, 4.69) is 5.32 Å². The zero-order valence-corrected chi connectivity index (χ0v) is 17.3. The van der Waals surface area contributed by atoms with Crippen LogP contribution in [0.1, 0.15) is 21.5 Å². The molecule has 0 unspecified atom stereocenters. The second-order valence-electron chi connectivity index (χ2n) is 7.37. The molecule has 6 nitrogen and oxygen atoms in total. The predicted octanol–water partition coefficient (Wildman–Crippen LogP) is 5.07. The van der Waals surface area contributed by atoms with Crippen LogP contribution in [-0.2, 0) is 11.3 Å². The lowest BCUT2D eigenvalue weighted by Crippen LogP contribution is -2.13. The zero-order chi connectivity index (χ0) is 23.4. The largest absolute Gasteiger partial charge is 0.478 e. The number of carboxylic acid groups (broad SMARTS) is 1. The van der Waals surface area contributed by atoms with Gasteiger partial charge in [-0.1, -0.05) is 36.4 Å². The van der Waals surface area contributed by atoms with Crippen molar-refractivity contribution in [1.29, 1.82) is 5.26 Å². The molecule has 0 bridgehead atoms. The van der Waals surface area contributed by atoms with E-state index in [4.69, 9.17) is 5.11 Å². The first-order chi connectivity index (χ1) is 15.9. The number of nitriles is 1. The molecule has 2 N–H and O–H groups in total. The van der Waals surface area contributed by atoms with Gasteiger partial charge in [-0.2, -0.15) is 5.26 Å². The third-order valence-corrected chi connectivity index (χ3v) is 5.12. The monoisotopic (exact) mass is 439 g/mol. The summed E-state index contributed by atoms with van der Waals surface area (Å²) >= 11 is 0. The number of amides is 1. The van der Waals surface area contributed by atoms with Gasteiger partial charge in [0.05, 0.1) is 5.56 Å². The average Bonchev–Trinajstić information content (AvgIpc) is 3.16. The molecule has 1 aromatic heterocycles. The molecule has 0 fully saturated rings. The maximum absolute atomic E-state index is 13.2. The molecule has 0 spiro atoms. The van der Waals surface area contributed by atoms with Crippen LogP contribution in [0.2, 0.25) is 0 Å². The first-order valence-electron chi connectivity index (χ1n) is 10.0. The highest BCUT2D eigenvalue weighted by Crippen LogP contribution is 2.25. The van der Waals surface area contributed by atoms with Crippen LogP contribution in [0.4, 0.5) is 10.1 Å². The van der Waals surface area contributed by atoms with E-state index in [9.17, 15) is 19.2 Å². The van der Waals surface area contributed by atoms with Crippen molar-refractivity contribution in [3.05, 3.63) is 107 Å². The van der Waals surface area contributed by atoms with Gasteiger partial charge in [-0.25, -0.2) is 9.18 Å². The average molecular weight is 439 g/mol. The quantitative estimate of drug-likeness (QED) is 0.324. The molecule has 0 atom stereocenters. The number of halogens is 1. The number of aromatic nitrogens is 1. The summed E-state index contributed by atoms with van der Waals surface area (Å²) in [4.78, 5) is 23.9. The molecule has 0 saturated carbocycles. The van der Waals surface area contributed by atoms with E-state index in [1.165, 1.54) is 36.4 Å². The van der Waals surface area contributed by atoms with E-state index in [1.807, 2.05) is 41.1 Å². The minimum atomic E-state index is -1.11. The first-order valence-corrected chi connectivity index (χ1v) is 10.0. The standard InChI is InChI=1S/C26H18FN3O3/c27-21-10-8-17(9-11-21)15-30-16-20(23-6-1-2-7-24(23)30)12-19(14-28)25(31)29-22-5-3-4-18(13-22)26(32)33/h1-13,16H,15H2,(H,29,31)(H,32,33)/b19-12-. The minimum Gasteiger partial charge on any atom is -0.478 e. The lowest BCUT2D eigenvalue weighted by atomic mass is 10.1. The lowest BCUT2D eigenvalue weighted by Gasteiger charge is -2.05. The summed E-state index contributed by atoms with van der Waals surface area (Å²) in [6, 6.07) is 21.5. The highest BCUT2D eigenvalue weighted by molar-refractivity contribution is 6.11. The van der Waals surface area contributed by atoms with Crippen molar-refractivity contribution in [3.63, 3.8) is 0 Å². The first kappa shape index (κ1) is 21.5. The molecule has 3 aromatic carbocycles. The molecule has 0 aliphatic carbocycles. The maximum Gasteiger partial charge on any atom is 0.335 e. The lowest BCUT2D eigenvalue weighted by molar-refractivity contribution is -0.112. The minimum absolute atomic E-state index is 0.0270. The van der Waals surface area contributed by atoms with Crippen molar-refractivity contribution >= 4 is 34.5 Å². The molecule has 4 aromatic rings. The molecule has 1 amide bonds. The number of hydrogen-bond acceptors (Lipinski definition) is 3. The summed E-state index contributed by atoms with van der Waals surface area (Å²) in [5.41, 5.74) is 2.67. The number of fused-ring (bicyclic) bond motifs is 1. The second-order valence-corrected chi connectivity index (χ2v) is 7.37. The molecule has 0 saturated heterocycles. The molecule has 162 valence electrons. The van der Waals surface area contributed by atoms with Crippen LogP contribution in [0.15, 0.2) is 84.6 Å². The fourth-order valence-electron chi connectivity index (χ4n) is 3.54. The molecule has 0 aliphatic heterocycles. The molecular formula is C26H18FN3O3. The Balaban J connectivity index is 1.66. The van der Waals surface area contributed by atoms with Crippen molar-refractivity contribution in [2.45, 2.75) is 6.54 Å². The summed E-state index contributed by atoms with van der Waals surface area (Å²) in [6.07, 6.45) is 3.34. The van der Waals surface area contributed by atoms with E-state index >= 15 is 0 Å². The summed E-state index contributed by atoms with van der Waals surface area (Å²) in [5.74, 6) is -2.06. The summed E-state index contributed by atoms with van der Waals surface area (Å²) in [6.45, 7) is 0.491. The van der Waals surface area contributed by atoms with Gasteiger partial charge in [0.15, 0.2) is 0 Å². The molecule has 0 radical (unpaired) electrons. The van der Waals surface area contributed by atoms with Crippen LogP contribution in [0, 0.1) is 17.1 Å².